The summed E-state index contributed by atoms with van der Waals surface area (Å²) in [7, 11) is 0. The van der Waals surface area contributed by atoms with Gasteiger partial charge in [-0.05, 0) is 24.6 Å². The summed E-state index contributed by atoms with van der Waals surface area (Å²) in [5, 5.41) is 8.24. The fourth-order valence-corrected chi connectivity index (χ4v) is 0.780. The quantitative estimate of drug-likeness (QED) is 0.494. The molecule has 3 heteroatoms. The van der Waals surface area contributed by atoms with Crippen LogP contribution in [0, 0.1) is 6.92 Å². The molecule has 0 heterocycles. The molecule has 0 aliphatic rings. The number of ether oxygens (including phenoxy) is 1. The Hall–Kier alpha value is -1.51. The normalized spacial score (nSPS) is 9.18. The van der Waals surface area contributed by atoms with E-state index in [-0.39, 0.29) is 0 Å². The SMILES string of the molecule is Cc1cccc(OC(=O)O)c1. The molecule has 0 unspecified atom stereocenters. The van der Waals surface area contributed by atoms with E-state index in [0.717, 1.165) is 5.56 Å². The van der Waals surface area contributed by atoms with Crippen molar-refractivity contribution in [1.82, 2.24) is 0 Å². The number of benzene rings is 1. The predicted octanol–water partition coefficient (Wildman–Crippen LogP) is 2.05. The third kappa shape index (κ3) is 2.29. The summed E-state index contributed by atoms with van der Waals surface area (Å²) in [6.07, 6.45) is -1.28. The van der Waals surface area contributed by atoms with Crippen molar-refractivity contribution < 1.29 is 14.6 Å². The number of carbonyl (C=O) groups is 1. The highest BCUT2D eigenvalue weighted by atomic mass is 16.7. The molecule has 0 bridgehead atoms. The summed E-state index contributed by atoms with van der Waals surface area (Å²) in [5.74, 6) is 0.359. The van der Waals surface area contributed by atoms with Gasteiger partial charge >= 0.3 is 6.16 Å². The zero-order chi connectivity index (χ0) is 8.27. The van der Waals surface area contributed by atoms with Crippen LogP contribution in [0.4, 0.5) is 4.79 Å². The molecule has 1 rings (SSSR count). The summed E-state index contributed by atoms with van der Waals surface area (Å²) in [6.45, 7) is 1.87. The lowest BCUT2D eigenvalue weighted by molar-refractivity contribution is 0.144. The van der Waals surface area contributed by atoms with E-state index in [4.69, 9.17) is 5.11 Å². The molecule has 0 aromatic heterocycles. The van der Waals surface area contributed by atoms with Crippen molar-refractivity contribution in [3.8, 4) is 5.75 Å². The fraction of sp³-hybridized carbons (Fsp3) is 0.125. The maximum absolute atomic E-state index is 10.1. The predicted molar refractivity (Wildman–Crippen MR) is 39.8 cm³/mol. The van der Waals surface area contributed by atoms with Gasteiger partial charge in [-0.1, -0.05) is 12.1 Å². The van der Waals surface area contributed by atoms with E-state index in [1.165, 1.54) is 0 Å². The number of hydrogen-bond acceptors (Lipinski definition) is 2. The van der Waals surface area contributed by atoms with Crippen LogP contribution in [0.25, 0.3) is 0 Å². The molecule has 0 radical (unpaired) electrons. The largest absolute Gasteiger partial charge is 0.511 e. The molecule has 0 aliphatic heterocycles. The van der Waals surface area contributed by atoms with Gasteiger partial charge in [-0.3, -0.25) is 0 Å². The van der Waals surface area contributed by atoms with E-state index in [1.807, 2.05) is 13.0 Å². The van der Waals surface area contributed by atoms with Gasteiger partial charge in [0.25, 0.3) is 0 Å². The molecule has 0 amide bonds. The molecule has 0 aliphatic carbocycles. The Kier molecular flexibility index (Phi) is 2.11. The van der Waals surface area contributed by atoms with Crippen LogP contribution >= 0.6 is 0 Å². The number of hydrogen-bond donors (Lipinski definition) is 1. The van der Waals surface area contributed by atoms with Crippen LogP contribution in [0.5, 0.6) is 5.75 Å². The molecule has 58 valence electrons. The minimum atomic E-state index is -1.28. The van der Waals surface area contributed by atoms with Crippen LogP contribution in [0.2, 0.25) is 0 Å². The molecule has 0 saturated heterocycles. The average molecular weight is 152 g/mol. The van der Waals surface area contributed by atoms with Crippen molar-refractivity contribution in [2.75, 3.05) is 0 Å². The summed E-state index contributed by atoms with van der Waals surface area (Å²) >= 11 is 0. The highest BCUT2D eigenvalue weighted by Crippen LogP contribution is 2.11. The molecular weight excluding hydrogens is 144 g/mol. The van der Waals surface area contributed by atoms with Crippen molar-refractivity contribution in [2.24, 2.45) is 0 Å². The van der Waals surface area contributed by atoms with E-state index in [2.05, 4.69) is 4.74 Å². The Morgan fingerprint density at radius 3 is 2.82 bits per heavy atom. The minimum Gasteiger partial charge on any atom is -0.449 e. The lowest BCUT2D eigenvalue weighted by Crippen LogP contribution is -2.02. The molecule has 1 N–H and O–H groups in total. The Morgan fingerprint density at radius 1 is 1.55 bits per heavy atom. The third-order valence-electron chi connectivity index (χ3n) is 1.19. The maximum Gasteiger partial charge on any atom is 0.511 e. The zero-order valence-corrected chi connectivity index (χ0v) is 6.07. The molecule has 0 saturated carbocycles. The lowest BCUT2D eigenvalue weighted by atomic mass is 10.2. The first-order chi connectivity index (χ1) is 5.18. The second kappa shape index (κ2) is 3.05. The lowest BCUT2D eigenvalue weighted by Gasteiger charge is -1.98. The van der Waals surface area contributed by atoms with Crippen molar-refractivity contribution in [3.05, 3.63) is 29.8 Å². The van der Waals surface area contributed by atoms with Gasteiger partial charge in [-0.25, -0.2) is 4.79 Å². The van der Waals surface area contributed by atoms with Gasteiger partial charge in [0.1, 0.15) is 5.75 Å². The average Bonchev–Trinajstić information content (AvgIpc) is 1.85. The molecule has 0 fully saturated rings. The van der Waals surface area contributed by atoms with Gasteiger partial charge in [0.2, 0.25) is 0 Å². The molecule has 0 atom stereocenters. The van der Waals surface area contributed by atoms with E-state index < -0.39 is 6.16 Å². The van der Waals surface area contributed by atoms with E-state index >= 15 is 0 Å². The molecule has 1 aromatic rings. The third-order valence-corrected chi connectivity index (χ3v) is 1.19. The van der Waals surface area contributed by atoms with Crippen molar-refractivity contribution in [1.29, 1.82) is 0 Å². The maximum atomic E-state index is 10.1. The Labute approximate surface area is 64.2 Å². The summed E-state index contributed by atoms with van der Waals surface area (Å²) < 4.78 is 4.41. The number of carboxylic acid groups (broad SMARTS) is 1. The van der Waals surface area contributed by atoms with Gasteiger partial charge in [-0.2, -0.15) is 0 Å². The summed E-state index contributed by atoms with van der Waals surface area (Å²) in [5.41, 5.74) is 0.976. The van der Waals surface area contributed by atoms with Crippen LogP contribution in [-0.2, 0) is 0 Å². The first-order valence-corrected chi connectivity index (χ1v) is 3.16. The standard InChI is InChI=1S/C8H8O3/c1-6-3-2-4-7(5-6)11-8(9)10/h2-5H,1H3,(H,9,10). The van der Waals surface area contributed by atoms with Crippen molar-refractivity contribution in [2.45, 2.75) is 6.92 Å². The van der Waals surface area contributed by atoms with Crippen LogP contribution < -0.4 is 4.74 Å². The second-order valence-corrected chi connectivity index (χ2v) is 2.18. The van der Waals surface area contributed by atoms with Crippen LogP contribution in [-0.4, -0.2) is 11.3 Å². The van der Waals surface area contributed by atoms with Crippen molar-refractivity contribution in [3.63, 3.8) is 0 Å². The monoisotopic (exact) mass is 152 g/mol. The van der Waals surface area contributed by atoms with Crippen molar-refractivity contribution >= 4 is 6.16 Å². The zero-order valence-electron chi connectivity index (χ0n) is 6.07. The fourth-order valence-electron chi connectivity index (χ4n) is 0.780. The first-order valence-electron chi connectivity index (χ1n) is 3.16. The van der Waals surface area contributed by atoms with Gasteiger partial charge < -0.3 is 9.84 Å². The topological polar surface area (TPSA) is 46.5 Å². The molecule has 0 spiro atoms. The number of aryl methyl sites for hydroxylation is 1. The Balaban J connectivity index is 2.79. The Morgan fingerprint density at radius 2 is 2.27 bits per heavy atom. The molecule has 3 nitrogen and oxygen atoms in total. The van der Waals surface area contributed by atoms with Crippen LogP contribution in [0.3, 0.4) is 0 Å². The molecular formula is C8H8O3. The second-order valence-electron chi connectivity index (χ2n) is 2.18. The molecule has 11 heavy (non-hydrogen) atoms. The Bertz CT molecular complexity index is 268. The highest BCUT2D eigenvalue weighted by molar-refractivity contribution is 5.61. The molecule has 1 aromatic carbocycles. The summed E-state index contributed by atoms with van der Waals surface area (Å²) in [6, 6.07) is 6.87. The van der Waals surface area contributed by atoms with Gasteiger partial charge in [0.15, 0.2) is 0 Å². The van der Waals surface area contributed by atoms with Gasteiger partial charge in [-0.15, -0.1) is 0 Å². The van der Waals surface area contributed by atoms with E-state index in [0.29, 0.717) is 5.75 Å². The smallest absolute Gasteiger partial charge is 0.449 e. The van der Waals surface area contributed by atoms with Crippen LogP contribution in [0.15, 0.2) is 24.3 Å². The van der Waals surface area contributed by atoms with Gasteiger partial charge in [0, 0.05) is 0 Å². The number of rotatable bonds is 1. The van der Waals surface area contributed by atoms with Crippen LogP contribution in [0.1, 0.15) is 5.56 Å². The van der Waals surface area contributed by atoms with E-state index in [9.17, 15) is 4.79 Å². The van der Waals surface area contributed by atoms with E-state index in [1.54, 1.807) is 18.2 Å². The minimum absolute atomic E-state index is 0.359. The first kappa shape index (κ1) is 7.60. The van der Waals surface area contributed by atoms with Gasteiger partial charge in [0.05, 0.1) is 0 Å². The summed E-state index contributed by atoms with van der Waals surface area (Å²) in [4.78, 5) is 10.1. The highest BCUT2D eigenvalue weighted by Gasteiger charge is 1.98.